The van der Waals surface area contributed by atoms with E-state index in [1.165, 1.54) is 0 Å². The average molecular weight is 308 g/mol. The Bertz CT molecular complexity index is 190. The van der Waals surface area contributed by atoms with Gasteiger partial charge in [-0.2, -0.15) is 0 Å². The number of hydrogen-bond acceptors (Lipinski definition) is 7. The van der Waals surface area contributed by atoms with Crippen molar-refractivity contribution in [1.82, 2.24) is 0 Å². The van der Waals surface area contributed by atoms with Crippen LogP contribution in [-0.2, 0) is 24.3 Å². The fourth-order valence-corrected chi connectivity index (χ4v) is 0.668. The third kappa shape index (κ3) is 9.55. The fraction of sp³-hybridized carbons (Fsp3) is 0.875. The smallest absolute Gasteiger partial charge is 0.335 e. The van der Waals surface area contributed by atoms with Gasteiger partial charge in [-0.1, -0.05) is 0 Å². The number of aliphatic hydroxyl groups excluding tert-OH is 6. The molecule has 0 bridgehead atoms. The Morgan fingerprint density at radius 1 is 1.06 bits per heavy atom. The minimum Gasteiger partial charge on any atom is -0.479 e. The van der Waals surface area contributed by atoms with Crippen molar-refractivity contribution in [2.75, 3.05) is 13.2 Å². The number of aliphatic hydroxyl groups is 6. The van der Waals surface area contributed by atoms with Crippen molar-refractivity contribution in [3.05, 3.63) is 0 Å². The van der Waals surface area contributed by atoms with Gasteiger partial charge in [-0.05, 0) is 6.92 Å². The van der Waals surface area contributed by atoms with E-state index in [1.807, 2.05) is 0 Å². The predicted octanol–water partition coefficient (Wildman–Crippen LogP) is -3.50. The normalized spacial score (nSPS) is 16.6. The van der Waals surface area contributed by atoms with Gasteiger partial charge in [-0.3, -0.25) is 0 Å². The molecule has 0 aromatic rings. The van der Waals surface area contributed by atoms with E-state index in [4.69, 9.17) is 35.7 Å². The molecule has 0 rings (SSSR count). The van der Waals surface area contributed by atoms with Gasteiger partial charge in [0.15, 0.2) is 6.10 Å². The molecule has 8 nitrogen and oxygen atoms in total. The van der Waals surface area contributed by atoms with Gasteiger partial charge in [0.1, 0.15) is 18.3 Å². The van der Waals surface area contributed by atoms with Crippen molar-refractivity contribution in [2.45, 2.75) is 31.3 Å². The van der Waals surface area contributed by atoms with E-state index in [0.717, 1.165) is 0 Å². The molecule has 0 fully saturated rings. The molecule has 0 spiro atoms. The maximum atomic E-state index is 10.1. The maximum Gasteiger partial charge on any atom is 0.335 e. The van der Waals surface area contributed by atoms with Crippen LogP contribution >= 0.6 is 0 Å². The van der Waals surface area contributed by atoms with Crippen molar-refractivity contribution < 1.29 is 60.0 Å². The zero-order valence-electron chi connectivity index (χ0n) is 9.47. The van der Waals surface area contributed by atoms with E-state index >= 15 is 0 Å². The van der Waals surface area contributed by atoms with Gasteiger partial charge in [0.2, 0.25) is 0 Å². The molecular weight excluding hydrogens is 289 g/mol. The molecule has 0 amide bonds. The molecule has 0 aromatic carbocycles. The fourth-order valence-electron chi connectivity index (χ4n) is 0.668. The molecular formula is C8H18O8Zn. The van der Waals surface area contributed by atoms with Crippen LogP contribution in [0.3, 0.4) is 0 Å². The van der Waals surface area contributed by atoms with Crippen LogP contribution in [0, 0.1) is 0 Å². The largest absolute Gasteiger partial charge is 0.479 e. The summed E-state index contributed by atoms with van der Waals surface area (Å²) in [5.74, 6) is -1.73. The Morgan fingerprint density at radius 2 is 1.41 bits per heavy atom. The second kappa shape index (κ2) is 12.3. The number of carboxylic acid groups (broad SMARTS) is 1. The molecule has 9 heteroatoms. The van der Waals surface area contributed by atoms with Crippen LogP contribution in [0.2, 0.25) is 0 Å². The first-order valence-electron chi connectivity index (χ1n) is 4.50. The van der Waals surface area contributed by atoms with Crippen LogP contribution in [0.25, 0.3) is 0 Å². The van der Waals surface area contributed by atoms with E-state index in [1.54, 1.807) is 6.92 Å². The molecule has 0 aliphatic heterocycles. The average Bonchev–Trinajstić information content (AvgIpc) is 2.25. The predicted molar refractivity (Wildman–Crippen MR) is 51.5 cm³/mol. The topological polar surface area (TPSA) is 159 Å². The number of carboxylic acids is 1. The number of aliphatic carboxylic acids is 1. The summed E-state index contributed by atoms with van der Waals surface area (Å²) in [5.41, 5.74) is 0. The molecule has 0 saturated heterocycles. The van der Waals surface area contributed by atoms with Crippen molar-refractivity contribution in [1.29, 1.82) is 0 Å². The first kappa shape index (κ1) is 22.1. The van der Waals surface area contributed by atoms with E-state index in [2.05, 4.69) is 0 Å². The molecule has 0 aromatic heterocycles. The van der Waals surface area contributed by atoms with Crippen LogP contribution in [0.15, 0.2) is 0 Å². The van der Waals surface area contributed by atoms with Crippen molar-refractivity contribution in [3.63, 3.8) is 0 Å². The summed E-state index contributed by atoms with van der Waals surface area (Å²) in [6.45, 7) is 1.09. The third-order valence-corrected chi connectivity index (χ3v) is 1.51. The SMILES string of the molecule is CCO.O=C(O)[C@H](O)[C@@H](O)[C@H](O)[C@H](O)CO.[Zn]. The summed E-state index contributed by atoms with van der Waals surface area (Å²) in [4.78, 5) is 10.1. The molecule has 0 aliphatic carbocycles. The van der Waals surface area contributed by atoms with Crippen LogP contribution in [0.1, 0.15) is 6.92 Å². The first-order chi connectivity index (χ1) is 7.33. The van der Waals surface area contributed by atoms with Crippen LogP contribution < -0.4 is 0 Å². The van der Waals surface area contributed by atoms with Gasteiger partial charge in [-0.15, -0.1) is 0 Å². The van der Waals surface area contributed by atoms with Gasteiger partial charge in [-0.25, -0.2) is 4.79 Å². The summed E-state index contributed by atoms with van der Waals surface area (Å²) in [5, 5.41) is 59.4. The number of hydrogen-bond donors (Lipinski definition) is 7. The monoisotopic (exact) mass is 306 g/mol. The Labute approximate surface area is 111 Å². The molecule has 100 valence electrons. The van der Waals surface area contributed by atoms with Crippen molar-refractivity contribution >= 4 is 5.97 Å². The van der Waals surface area contributed by atoms with Crippen LogP contribution in [-0.4, -0.2) is 79.3 Å². The summed E-state index contributed by atoms with van der Waals surface area (Å²) in [6, 6.07) is 0. The zero-order valence-corrected chi connectivity index (χ0v) is 12.4. The van der Waals surface area contributed by atoms with Gasteiger partial charge in [0, 0.05) is 26.1 Å². The summed E-state index contributed by atoms with van der Waals surface area (Å²) in [6.07, 6.45) is -7.84. The number of carbonyl (C=O) groups is 1. The molecule has 0 aliphatic rings. The van der Waals surface area contributed by atoms with Crippen LogP contribution in [0.5, 0.6) is 0 Å². The van der Waals surface area contributed by atoms with E-state index in [9.17, 15) is 4.79 Å². The Kier molecular flexibility index (Phi) is 16.0. The Balaban J connectivity index is -0.000000440. The minimum atomic E-state index is -2.20. The molecule has 4 atom stereocenters. The first-order valence-corrected chi connectivity index (χ1v) is 4.50. The molecule has 0 radical (unpaired) electrons. The maximum absolute atomic E-state index is 10.1. The molecule has 0 unspecified atom stereocenters. The third-order valence-electron chi connectivity index (χ3n) is 1.51. The summed E-state index contributed by atoms with van der Waals surface area (Å²) >= 11 is 0. The quantitative estimate of drug-likeness (QED) is 0.258. The summed E-state index contributed by atoms with van der Waals surface area (Å²) < 4.78 is 0. The van der Waals surface area contributed by atoms with Gasteiger partial charge in [0.05, 0.1) is 6.61 Å². The van der Waals surface area contributed by atoms with Crippen molar-refractivity contribution in [2.24, 2.45) is 0 Å². The van der Waals surface area contributed by atoms with Gasteiger partial charge >= 0.3 is 5.97 Å². The second-order valence-corrected chi connectivity index (χ2v) is 2.83. The summed E-state index contributed by atoms with van der Waals surface area (Å²) in [7, 11) is 0. The van der Waals surface area contributed by atoms with E-state index in [0.29, 0.717) is 0 Å². The molecule has 17 heavy (non-hydrogen) atoms. The minimum absolute atomic E-state index is 0. The van der Waals surface area contributed by atoms with Crippen molar-refractivity contribution in [3.8, 4) is 0 Å². The van der Waals surface area contributed by atoms with E-state index < -0.39 is 37.0 Å². The van der Waals surface area contributed by atoms with Gasteiger partial charge in [0.25, 0.3) is 0 Å². The molecule has 0 saturated carbocycles. The Hall–Kier alpha value is -0.147. The zero-order chi connectivity index (χ0) is 13.3. The molecule has 7 N–H and O–H groups in total. The number of rotatable bonds is 5. The Morgan fingerprint density at radius 3 is 1.65 bits per heavy atom. The van der Waals surface area contributed by atoms with Gasteiger partial charge < -0.3 is 35.7 Å². The standard InChI is InChI=1S/C6H12O7.C2H6O.Zn/c7-1-2(8)3(9)4(10)5(11)6(12)13;1-2-3;/h2-5,7-11H,1H2,(H,12,13);3H,2H2,1H3;/t2-,3-,4+,5-;;/m1../s1. The molecule has 0 heterocycles. The van der Waals surface area contributed by atoms with Crippen LogP contribution in [0.4, 0.5) is 0 Å². The second-order valence-electron chi connectivity index (χ2n) is 2.83. The van der Waals surface area contributed by atoms with E-state index in [-0.39, 0.29) is 26.1 Å².